The van der Waals surface area contributed by atoms with E-state index in [0.717, 1.165) is 73.5 Å². The van der Waals surface area contributed by atoms with Gasteiger partial charge in [-0.2, -0.15) is 0 Å². The number of hydrogen-bond donors (Lipinski definition) is 0. The van der Waals surface area contributed by atoms with E-state index in [9.17, 15) is 0 Å². The molecule has 17 rings (SSSR count). The highest BCUT2D eigenvalue weighted by atomic mass is 14.4. The molecule has 0 saturated heterocycles. The Hall–Kier alpha value is -7.80. The molecule has 5 fully saturated rings. The Balaban J connectivity index is 0.000000121. The molecule has 0 N–H and O–H groups in total. The van der Waals surface area contributed by atoms with E-state index in [4.69, 9.17) is 0 Å². The van der Waals surface area contributed by atoms with Crippen molar-refractivity contribution < 1.29 is 0 Å². The Morgan fingerprint density at radius 1 is 0.276 bits per heavy atom. The third-order valence-electron chi connectivity index (χ3n) is 25.3. The van der Waals surface area contributed by atoms with Crippen LogP contribution in [0.5, 0.6) is 0 Å². The molecule has 6 aromatic rings. The zero-order valence-corrected chi connectivity index (χ0v) is 59.5. The molecule has 11 aliphatic carbocycles. The molecule has 500 valence electrons. The number of allylic oxidation sites excluding steroid dienone is 24. The van der Waals surface area contributed by atoms with Crippen molar-refractivity contribution in [2.45, 2.75) is 199 Å². The summed E-state index contributed by atoms with van der Waals surface area (Å²) in [5.74, 6) is 7.75. The smallest absolute Gasteiger partial charge is 0.0281 e. The van der Waals surface area contributed by atoms with Gasteiger partial charge in [0.2, 0.25) is 0 Å². The van der Waals surface area contributed by atoms with E-state index in [1.54, 1.807) is 16.7 Å². The van der Waals surface area contributed by atoms with Crippen molar-refractivity contribution in [3.05, 3.63) is 337 Å². The van der Waals surface area contributed by atoms with Crippen LogP contribution in [0.2, 0.25) is 0 Å². The summed E-state index contributed by atoms with van der Waals surface area (Å²) in [6.07, 6.45) is 69.1. The van der Waals surface area contributed by atoms with Crippen molar-refractivity contribution in [2.75, 3.05) is 0 Å². The van der Waals surface area contributed by atoms with Crippen molar-refractivity contribution in [2.24, 2.45) is 41.4 Å². The van der Waals surface area contributed by atoms with Crippen molar-refractivity contribution in [1.29, 1.82) is 0 Å². The van der Waals surface area contributed by atoms with Crippen LogP contribution < -0.4 is 0 Å². The molecule has 0 amide bonds. The molecule has 0 aromatic heterocycles. The first-order chi connectivity index (χ1) is 48.3. The Labute approximate surface area is 590 Å². The molecule has 0 spiro atoms. The number of aryl methyl sites for hydroxylation is 3. The summed E-state index contributed by atoms with van der Waals surface area (Å²) in [6.45, 7) is 6.63. The Kier molecular flexibility index (Phi) is 21.0. The maximum atomic E-state index is 2.45. The maximum Gasteiger partial charge on any atom is 0.0281 e. The average Bonchev–Trinajstić information content (AvgIpc) is 1.59. The first kappa shape index (κ1) is 66.1. The van der Waals surface area contributed by atoms with E-state index in [1.807, 2.05) is 0 Å². The van der Waals surface area contributed by atoms with Gasteiger partial charge in [-0.05, 0) is 269 Å². The van der Waals surface area contributed by atoms with Gasteiger partial charge < -0.3 is 0 Å². The molecule has 0 heterocycles. The molecule has 5 saturated carbocycles. The summed E-state index contributed by atoms with van der Waals surface area (Å²) < 4.78 is 0. The number of hydrogen-bond acceptors (Lipinski definition) is 0. The standard InChI is InChI=1S/C36H42.C33H36.C29H30/c1-2-26-8-6-11-32(24-26)35-23-22-33(34-12-7-13-36(34)35)25-27-14-16-29(17-15-27)31-20-18-30(19-21-31)28-9-4-3-5-10-28;1-2-23-6-12-29(13-7-23)32-21-20-30(31-4-3-5-33(31)32)22-24-8-10-25(11-9-24)26-14-16-27(17-15-26)28-18-19-28;1-21-7-5-10-25(19-21)28-18-17-26(27-11-6-12-29(27)28)20-22-13-15-24(16-14-22)23-8-3-2-4-9-23/h6-8,11-17,22-24,28,30-31,36H,2-5,9-10,18-21,25H2,1H3;3-13,20-21,26-28,33H,2,14-19,22H2,1H3;5-7,10-19,23,29H,2-4,8-9,20H2,1H3. The first-order valence-corrected chi connectivity index (χ1v) is 39.2. The van der Waals surface area contributed by atoms with E-state index in [1.165, 1.54) is 229 Å². The highest BCUT2D eigenvalue weighted by molar-refractivity contribution is 5.81. The fourth-order valence-corrected chi connectivity index (χ4v) is 19.2. The zero-order valence-electron chi connectivity index (χ0n) is 59.5. The van der Waals surface area contributed by atoms with E-state index >= 15 is 0 Å². The highest BCUT2D eigenvalue weighted by Gasteiger charge is 2.35. The minimum absolute atomic E-state index is 0.399. The fourth-order valence-electron chi connectivity index (χ4n) is 19.2. The fraction of sp³-hybridized carbons (Fsp3) is 0.388. The summed E-state index contributed by atoms with van der Waals surface area (Å²) in [4.78, 5) is 0. The molecule has 0 radical (unpaired) electrons. The van der Waals surface area contributed by atoms with Crippen molar-refractivity contribution in [3.63, 3.8) is 0 Å². The Bertz CT molecular complexity index is 4150. The maximum absolute atomic E-state index is 2.45. The average molecular weight is 1290 g/mol. The molecule has 6 aromatic carbocycles. The topological polar surface area (TPSA) is 0 Å². The van der Waals surface area contributed by atoms with Gasteiger partial charge in [-0.25, -0.2) is 0 Å². The molecule has 0 heteroatoms. The molecule has 98 heavy (non-hydrogen) atoms. The molecule has 11 aliphatic rings. The van der Waals surface area contributed by atoms with Gasteiger partial charge in [0.15, 0.2) is 0 Å². The van der Waals surface area contributed by atoms with E-state index in [-0.39, 0.29) is 0 Å². The van der Waals surface area contributed by atoms with Gasteiger partial charge in [0.05, 0.1) is 0 Å². The van der Waals surface area contributed by atoms with Crippen LogP contribution in [0.25, 0.3) is 16.7 Å². The lowest BCUT2D eigenvalue weighted by Gasteiger charge is -2.36. The second kappa shape index (κ2) is 31.2. The minimum atomic E-state index is 0.399. The molecule has 0 nitrogen and oxygen atoms in total. The van der Waals surface area contributed by atoms with Crippen LogP contribution in [-0.4, -0.2) is 0 Å². The second-order valence-corrected chi connectivity index (χ2v) is 31.4. The number of fused-ring (bicyclic) bond motifs is 3. The Morgan fingerprint density at radius 3 is 1.04 bits per heavy atom. The summed E-state index contributed by atoms with van der Waals surface area (Å²) >= 11 is 0. The number of rotatable bonds is 16. The molecular formula is C98H108. The Morgan fingerprint density at radius 2 is 0.633 bits per heavy atom. The molecule has 3 atom stereocenters. The van der Waals surface area contributed by atoms with Gasteiger partial charge in [0.1, 0.15) is 0 Å². The minimum Gasteiger partial charge on any atom is -0.0726 e. The van der Waals surface area contributed by atoms with Crippen molar-refractivity contribution in [1.82, 2.24) is 0 Å². The van der Waals surface area contributed by atoms with Gasteiger partial charge >= 0.3 is 0 Å². The van der Waals surface area contributed by atoms with Crippen LogP contribution in [-0.2, 0) is 32.1 Å². The van der Waals surface area contributed by atoms with Gasteiger partial charge in [0, 0.05) is 17.8 Å². The van der Waals surface area contributed by atoms with E-state index in [0.29, 0.717) is 17.8 Å². The van der Waals surface area contributed by atoms with E-state index < -0.39 is 0 Å². The third kappa shape index (κ3) is 15.5. The van der Waals surface area contributed by atoms with Crippen LogP contribution in [0, 0.1) is 48.3 Å². The van der Waals surface area contributed by atoms with Gasteiger partial charge in [0.25, 0.3) is 0 Å². The van der Waals surface area contributed by atoms with Crippen molar-refractivity contribution >= 4 is 16.7 Å². The van der Waals surface area contributed by atoms with Crippen LogP contribution >= 0.6 is 0 Å². The summed E-state index contributed by atoms with van der Waals surface area (Å²) in [6, 6.07) is 56.0. The second-order valence-electron chi connectivity index (χ2n) is 31.4. The van der Waals surface area contributed by atoms with Crippen LogP contribution in [0.1, 0.15) is 227 Å². The molecule has 3 unspecified atom stereocenters. The van der Waals surface area contributed by atoms with Gasteiger partial charge in [-0.3, -0.25) is 0 Å². The van der Waals surface area contributed by atoms with Crippen LogP contribution in [0.4, 0.5) is 0 Å². The van der Waals surface area contributed by atoms with Gasteiger partial charge in [-0.15, -0.1) is 0 Å². The van der Waals surface area contributed by atoms with Crippen LogP contribution in [0.15, 0.2) is 270 Å². The lowest BCUT2D eigenvalue weighted by atomic mass is 9.70. The predicted octanol–water partition coefficient (Wildman–Crippen LogP) is 26.1. The van der Waals surface area contributed by atoms with Crippen molar-refractivity contribution in [3.8, 4) is 0 Å². The predicted molar refractivity (Wildman–Crippen MR) is 418 cm³/mol. The first-order valence-electron chi connectivity index (χ1n) is 39.2. The monoisotopic (exact) mass is 1280 g/mol. The zero-order chi connectivity index (χ0) is 66.2. The molecule has 0 aliphatic heterocycles. The normalized spacial score (nSPS) is 24.9. The lowest BCUT2D eigenvalue weighted by Crippen LogP contribution is -2.23. The highest BCUT2D eigenvalue weighted by Crippen LogP contribution is 2.49. The summed E-state index contributed by atoms with van der Waals surface area (Å²) in [5.41, 5.74) is 30.3. The largest absolute Gasteiger partial charge is 0.0726 e. The third-order valence-corrected chi connectivity index (χ3v) is 25.3. The lowest BCUT2D eigenvalue weighted by molar-refractivity contribution is 0.186. The van der Waals surface area contributed by atoms with Crippen LogP contribution in [0.3, 0.4) is 0 Å². The van der Waals surface area contributed by atoms with E-state index in [2.05, 4.69) is 258 Å². The summed E-state index contributed by atoms with van der Waals surface area (Å²) in [7, 11) is 0. The van der Waals surface area contributed by atoms with Gasteiger partial charge in [-0.1, -0.05) is 308 Å². The quantitative estimate of drug-likeness (QED) is 0.0906. The SMILES string of the molecule is CCc1ccc(C2=CC=C(Cc3ccc(C4CCC(C5CC5)CC4)cc3)C3=CC=CC32)cc1.CCc1cccc(C2=CC=C(Cc3ccc(C4CCC(C5CCCCC5)CC4)cc3)C3=CC=CC32)c1.Cc1cccc(C2=CC=C(Cc3ccc(C4CCCCC4)cc3)C3=CC=CC32)c1. The number of benzene rings is 6. The molecular weight excluding hydrogens is 1180 g/mol. The summed E-state index contributed by atoms with van der Waals surface area (Å²) in [5, 5.41) is 0. The molecule has 0 bridgehead atoms.